The highest BCUT2D eigenvalue weighted by molar-refractivity contribution is 6.30. The Kier molecular flexibility index (Phi) is 5.11. The number of benzene rings is 1. The van der Waals surface area contributed by atoms with E-state index in [2.05, 4.69) is 15.2 Å². The van der Waals surface area contributed by atoms with Gasteiger partial charge in [0.2, 0.25) is 5.91 Å². The number of ether oxygens (including phenoxy) is 1. The minimum Gasteiger partial charge on any atom is -0.376 e. The molecule has 24 heavy (non-hydrogen) atoms. The number of nitrogens with zero attached hydrogens (tertiary/aromatic N) is 3. The molecule has 128 valence electrons. The van der Waals surface area contributed by atoms with Crippen molar-refractivity contribution in [1.29, 1.82) is 0 Å². The predicted octanol–water partition coefficient (Wildman–Crippen LogP) is 2.17. The Morgan fingerprint density at radius 2 is 2.38 bits per heavy atom. The summed E-state index contributed by atoms with van der Waals surface area (Å²) in [5, 5.41) is 6.74. The zero-order valence-corrected chi connectivity index (χ0v) is 14.0. The van der Waals surface area contributed by atoms with Gasteiger partial charge >= 0.3 is 0 Å². The zero-order valence-electron chi connectivity index (χ0n) is 13.2. The Hall–Kier alpha value is -1.99. The summed E-state index contributed by atoms with van der Waals surface area (Å²) in [5.41, 5.74) is 0.290. The zero-order chi connectivity index (χ0) is 17.1. The summed E-state index contributed by atoms with van der Waals surface area (Å²) in [6.07, 6.45) is 2.09. The lowest BCUT2D eigenvalue weighted by molar-refractivity contribution is -0.130. The van der Waals surface area contributed by atoms with Gasteiger partial charge in [-0.25, -0.2) is 9.37 Å². The first-order valence-electron chi connectivity index (χ1n) is 7.70. The minimum absolute atomic E-state index is 0.0208. The quantitative estimate of drug-likeness (QED) is 0.895. The number of nitrogens with one attached hydrogen (secondary N) is 1. The normalized spacial score (nSPS) is 20.3. The fourth-order valence-corrected chi connectivity index (χ4v) is 3.08. The molecule has 1 fully saturated rings. The highest BCUT2D eigenvalue weighted by Gasteiger charge is 2.33. The van der Waals surface area contributed by atoms with Crippen molar-refractivity contribution in [2.75, 3.05) is 20.2 Å². The number of likely N-dealkylation sites (N-methyl/N-ethyl adjacent to an activating group) is 1. The van der Waals surface area contributed by atoms with Gasteiger partial charge in [-0.2, -0.15) is 5.10 Å². The van der Waals surface area contributed by atoms with Gasteiger partial charge in [-0.1, -0.05) is 23.7 Å². The van der Waals surface area contributed by atoms with E-state index < -0.39 is 5.82 Å². The summed E-state index contributed by atoms with van der Waals surface area (Å²) in [7, 11) is 1.68. The van der Waals surface area contributed by atoms with Gasteiger partial charge in [0.05, 0.1) is 17.5 Å². The third-order valence-electron chi connectivity index (χ3n) is 4.25. The molecule has 1 aliphatic heterocycles. The number of H-pyrrole nitrogens is 1. The number of halogens is 2. The van der Waals surface area contributed by atoms with E-state index in [0.717, 1.165) is 12.2 Å². The molecule has 1 amide bonds. The molecule has 2 atom stereocenters. The second kappa shape index (κ2) is 7.27. The maximum absolute atomic E-state index is 13.9. The average molecular weight is 353 g/mol. The van der Waals surface area contributed by atoms with Gasteiger partial charge in [0.1, 0.15) is 18.0 Å². The Morgan fingerprint density at radius 1 is 1.54 bits per heavy atom. The molecule has 1 N–H and O–H groups in total. The van der Waals surface area contributed by atoms with Crippen LogP contribution in [-0.2, 0) is 16.0 Å². The van der Waals surface area contributed by atoms with Crippen molar-refractivity contribution in [3.05, 3.63) is 46.8 Å². The number of aromatic amines is 1. The molecule has 6 nitrogen and oxygen atoms in total. The second-order valence-corrected chi connectivity index (χ2v) is 6.25. The Bertz CT molecular complexity index is 710. The number of amides is 1. The molecular weight excluding hydrogens is 335 g/mol. The third-order valence-corrected chi connectivity index (χ3v) is 4.54. The predicted molar refractivity (Wildman–Crippen MR) is 86.2 cm³/mol. The molecule has 1 aromatic carbocycles. The van der Waals surface area contributed by atoms with Crippen LogP contribution in [0.5, 0.6) is 0 Å². The fraction of sp³-hybridized carbons (Fsp3) is 0.438. The van der Waals surface area contributed by atoms with Crippen LogP contribution in [0, 0.1) is 5.82 Å². The molecule has 1 aromatic heterocycles. The van der Waals surface area contributed by atoms with Crippen LogP contribution >= 0.6 is 11.6 Å². The van der Waals surface area contributed by atoms with E-state index in [4.69, 9.17) is 16.3 Å². The fourth-order valence-electron chi connectivity index (χ4n) is 2.89. The summed E-state index contributed by atoms with van der Waals surface area (Å²) >= 11 is 5.75. The molecule has 0 saturated carbocycles. The monoisotopic (exact) mass is 352 g/mol. The van der Waals surface area contributed by atoms with Crippen LogP contribution in [0.1, 0.15) is 23.7 Å². The Labute approximate surface area is 144 Å². The van der Waals surface area contributed by atoms with Crippen molar-refractivity contribution in [3.63, 3.8) is 0 Å². The summed E-state index contributed by atoms with van der Waals surface area (Å²) < 4.78 is 19.7. The van der Waals surface area contributed by atoms with E-state index >= 15 is 0 Å². The number of hydrogen-bond donors (Lipinski definition) is 1. The van der Waals surface area contributed by atoms with Crippen LogP contribution in [0.4, 0.5) is 4.39 Å². The molecular formula is C16H18ClFN4O2. The molecule has 3 rings (SSSR count). The van der Waals surface area contributed by atoms with Gasteiger partial charge in [0.15, 0.2) is 0 Å². The van der Waals surface area contributed by atoms with E-state index in [1.165, 1.54) is 12.4 Å². The first-order chi connectivity index (χ1) is 11.6. The van der Waals surface area contributed by atoms with Crippen molar-refractivity contribution in [3.8, 4) is 0 Å². The maximum atomic E-state index is 13.9. The molecule has 2 heterocycles. The molecule has 1 aliphatic rings. The minimum atomic E-state index is -0.544. The van der Waals surface area contributed by atoms with Crippen molar-refractivity contribution >= 4 is 17.5 Å². The highest BCUT2D eigenvalue weighted by Crippen LogP contribution is 2.29. The van der Waals surface area contributed by atoms with Gasteiger partial charge in [-0.3, -0.25) is 9.89 Å². The van der Waals surface area contributed by atoms with Gasteiger partial charge in [0, 0.05) is 26.1 Å². The average Bonchev–Trinajstić information content (AvgIpc) is 3.22. The summed E-state index contributed by atoms with van der Waals surface area (Å²) in [6.45, 7) is 1.02. The van der Waals surface area contributed by atoms with Gasteiger partial charge in [-0.05, 0) is 18.1 Å². The van der Waals surface area contributed by atoms with Crippen molar-refractivity contribution < 1.29 is 13.9 Å². The standard InChI is InChI=1S/C16H18ClFN4O2/c1-22(14(23)7-10-3-2-4-12(17)15(10)18)8-13-11(5-6-24-13)16-19-9-20-21-16/h2-4,9,11,13H,5-8H2,1H3,(H,19,20,21)/t11-,13-/m1/s1. The van der Waals surface area contributed by atoms with E-state index in [-0.39, 0.29) is 29.4 Å². The number of aromatic nitrogens is 3. The number of hydrogen-bond acceptors (Lipinski definition) is 4. The molecule has 8 heteroatoms. The van der Waals surface area contributed by atoms with E-state index in [1.807, 2.05) is 0 Å². The van der Waals surface area contributed by atoms with Gasteiger partial charge in [-0.15, -0.1) is 0 Å². The number of carbonyl (C=O) groups is 1. The van der Waals surface area contributed by atoms with Crippen LogP contribution in [0.2, 0.25) is 5.02 Å². The summed E-state index contributed by atoms with van der Waals surface area (Å²) in [5.74, 6) is 0.102. The molecule has 2 aromatic rings. The van der Waals surface area contributed by atoms with Crippen molar-refractivity contribution in [2.24, 2.45) is 0 Å². The molecule has 0 spiro atoms. The topological polar surface area (TPSA) is 71.1 Å². The van der Waals surface area contributed by atoms with Gasteiger partial charge in [0.25, 0.3) is 0 Å². The first kappa shape index (κ1) is 16.9. The Balaban J connectivity index is 1.63. The molecule has 0 unspecified atom stereocenters. The van der Waals surface area contributed by atoms with Gasteiger partial charge < -0.3 is 9.64 Å². The van der Waals surface area contributed by atoms with Crippen molar-refractivity contribution in [2.45, 2.75) is 24.9 Å². The van der Waals surface area contributed by atoms with Crippen LogP contribution in [0.3, 0.4) is 0 Å². The third kappa shape index (κ3) is 3.57. The van der Waals surface area contributed by atoms with Crippen LogP contribution in [-0.4, -0.2) is 52.3 Å². The first-order valence-corrected chi connectivity index (χ1v) is 8.07. The molecule has 0 bridgehead atoms. The second-order valence-electron chi connectivity index (χ2n) is 5.84. The molecule has 1 saturated heterocycles. The van der Waals surface area contributed by atoms with E-state index in [1.54, 1.807) is 24.1 Å². The molecule has 0 aliphatic carbocycles. The van der Waals surface area contributed by atoms with Crippen LogP contribution in [0.15, 0.2) is 24.5 Å². The maximum Gasteiger partial charge on any atom is 0.226 e. The van der Waals surface area contributed by atoms with Crippen molar-refractivity contribution in [1.82, 2.24) is 20.1 Å². The van der Waals surface area contributed by atoms with Crippen LogP contribution < -0.4 is 0 Å². The van der Waals surface area contributed by atoms with E-state index in [0.29, 0.717) is 18.7 Å². The molecule has 0 radical (unpaired) electrons. The number of rotatable bonds is 5. The number of carbonyl (C=O) groups excluding carboxylic acids is 1. The van der Waals surface area contributed by atoms with Crippen LogP contribution in [0.25, 0.3) is 0 Å². The Morgan fingerprint density at radius 3 is 3.12 bits per heavy atom. The lowest BCUT2D eigenvalue weighted by Crippen LogP contribution is -2.37. The summed E-state index contributed by atoms with van der Waals surface area (Å²) in [4.78, 5) is 18.1. The highest BCUT2D eigenvalue weighted by atomic mass is 35.5. The smallest absolute Gasteiger partial charge is 0.226 e. The summed E-state index contributed by atoms with van der Waals surface area (Å²) in [6, 6.07) is 4.66. The van der Waals surface area contributed by atoms with E-state index in [9.17, 15) is 9.18 Å². The largest absolute Gasteiger partial charge is 0.376 e. The SMILES string of the molecule is CN(C[C@H]1OCC[C@H]1c1ncn[nH]1)C(=O)Cc1cccc(Cl)c1F. The lowest BCUT2D eigenvalue weighted by atomic mass is 10.00. The lowest BCUT2D eigenvalue weighted by Gasteiger charge is -2.24.